The van der Waals surface area contributed by atoms with Gasteiger partial charge in [-0.05, 0) is 59.7 Å². The Labute approximate surface area is 155 Å². The van der Waals surface area contributed by atoms with Crippen LogP contribution in [0.3, 0.4) is 0 Å². The average molecular weight is 401 g/mol. The van der Waals surface area contributed by atoms with Crippen molar-refractivity contribution in [3.63, 3.8) is 0 Å². The number of hydrogen-bond acceptors (Lipinski definition) is 3. The number of ether oxygens (including phenoxy) is 1. The molecule has 0 fully saturated rings. The molecule has 1 aromatic heterocycles. The lowest BCUT2D eigenvalue weighted by Crippen LogP contribution is -2.23. The van der Waals surface area contributed by atoms with Gasteiger partial charge in [0.25, 0.3) is 0 Å². The molecule has 2 aromatic carbocycles. The summed E-state index contributed by atoms with van der Waals surface area (Å²) in [6.07, 6.45) is 1.85. The van der Waals surface area contributed by atoms with Gasteiger partial charge in [-0.1, -0.05) is 18.2 Å². The van der Waals surface area contributed by atoms with Crippen LogP contribution in [0.5, 0.6) is 5.75 Å². The van der Waals surface area contributed by atoms with E-state index in [9.17, 15) is 4.79 Å². The van der Waals surface area contributed by atoms with Crippen LogP contribution >= 0.6 is 15.9 Å². The van der Waals surface area contributed by atoms with Gasteiger partial charge in [-0.2, -0.15) is 0 Å². The Bertz CT molecular complexity index is 919. The molecule has 25 heavy (non-hydrogen) atoms. The second-order valence-electron chi connectivity index (χ2n) is 6.02. The van der Waals surface area contributed by atoms with Gasteiger partial charge in [-0.3, -0.25) is 9.69 Å². The first-order valence-corrected chi connectivity index (χ1v) is 9.05. The van der Waals surface area contributed by atoms with Crippen LogP contribution in [0.15, 0.2) is 64.0 Å². The molecule has 0 saturated carbocycles. The number of rotatable bonds is 6. The molecule has 0 atom stereocenters. The maximum absolute atomic E-state index is 12.1. The fourth-order valence-corrected chi connectivity index (χ4v) is 3.52. The molecule has 0 radical (unpaired) electrons. The molecule has 1 heterocycles. The number of hydrogen-bond donors (Lipinski definition) is 0. The predicted molar refractivity (Wildman–Crippen MR) is 105 cm³/mol. The minimum atomic E-state index is 0.0433. The molecule has 0 aliphatic carbocycles. The topological polar surface area (TPSA) is 34.5 Å². The molecule has 3 aromatic rings. The zero-order valence-electron chi connectivity index (χ0n) is 14.4. The van der Waals surface area contributed by atoms with Crippen molar-refractivity contribution in [2.24, 2.45) is 0 Å². The van der Waals surface area contributed by atoms with Gasteiger partial charge in [-0.25, -0.2) is 0 Å². The predicted octanol–water partition coefficient (Wildman–Crippen LogP) is 4.25. The maximum atomic E-state index is 12.1. The van der Waals surface area contributed by atoms with Gasteiger partial charge in [0.05, 0.1) is 18.8 Å². The summed E-state index contributed by atoms with van der Waals surface area (Å²) in [5, 5.41) is 0.728. The van der Waals surface area contributed by atoms with Gasteiger partial charge in [0.1, 0.15) is 5.75 Å². The Morgan fingerprint density at radius 1 is 1.12 bits per heavy atom. The molecule has 5 heteroatoms. The van der Waals surface area contributed by atoms with Crippen molar-refractivity contribution in [3.8, 4) is 5.75 Å². The summed E-state index contributed by atoms with van der Waals surface area (Å²) in [5.74, 6) is 0.893. The van der Waals surface area contributed by atoms with E-state index in [1.165, 1.54) is 5.56 Å². The first-order valence-electron chi connectivity index (χ1n) is 8.26. The average Bonchev–Trinajstić information content (AvgIpc) is 2.60. The number of para-hydroxylation sites is 1. The van der Waals surface area contributed by atoms with Crippen molar-refractivity contribution in [2.45, 2.75) is 20.1 Å². The minimum Gasteiger partial charge on any atom is -0.494 e. The van der Waals surface area contributed by atoms with Crippen LogP contribution < -0.4 is 10.2 Å². The van der Waals surface area contributed by atoms with E-state index in [0.29, 0.717) is 13.3 Å². The van der Waals surface area contributed by atoms with E-state index in [-0.39, 0.29) is 5.43 Å². The summed E-state index contributed by atoms with van der Waals surface area (Å²) in [4.78, 5) is 14.3. The highest BCUT2D eigenvalue weighted by Crippen LogP contribution is 2.22. The zero-order valence-corrected chi connectivity index (χ0v) is 16.0. The normalized spacial score (nSPS) is 11.2. The van der Waals surface area contributed by atoms with E-state index in [2.05, 4.69) is 44.6 Å². The summed E-state index contributed by atoms with van der Waals surface area (Å²) in [7, 11) is 2.07. The van der Waals surface area contributed by atoms with Crippen LogP contribution in [0.1, 0.15) is 12.5 Å². The maximum Gasteiger partial charge on any atom is 0.189 e. The summed E-state index contributed by atoms with van der Waals surface area (Å²) in [6.45, 7) is 4.15. The number of fused-ring (bicyclic) bond motifs is 1. The van der Waals surface area contributed by atoms with E-state index in [4.69, 9.17) is 4.74 Å². The van der Waals surface area contributed by atoms with Gasteiger partial charge in [-0.15, -0.1) is 0 Å². The fraction of sp³-hybridized carbons (Fsp3) is 0.250. The number of aromatic nitrogens is 1. The molecule has 0 bridgehead atoms. The SMILES string of the molecule is CCOc1ccc(CN(C)Cn2ccc(=O)c3cccc(Br)c32)cc1. The summed E-state index contributed by atoms with van der Waals surface area (Å²) >= 11 is 3.57. The quantitative estimate of drug-likeness (QED) is 0.619. The van der Waals surface area contributed by atoms with E-state index >= 15 is 0 Å². The summed E-state index contributed by atoms with van der Waals surface area (Å²) in [5.41, 5.74) is 2.19. The molecule has 0 spiro atoms. The van der Waals surface area contributed by atoms with Gasteiger partial charge >= 0.3 is 0 Å². The fourth-order valence-electron chi connectivity index (χ4n) is 2.93. The van der Waals surface area contributed by atoms with Crippen molar-refractivity contribution in [3.05, 3.63) is 75.0 Å². The second kappa shape index (κ2) is 7.85. The Hall–Kier alpha value is -2.11. The second-order valence-corrected chi connectivity index (χ2v) is 6.87. The number of nitrogens with zero attached hydrogens (tertiary/aromatic N) is 2. The van der Waals surface area contributed by atoms with Crippen LogP contribution in [0, 0.1) is 0 Å². The molecule has 130 valence electrons. The van der Waals surface area contributed by atoms with Crippen LogP contribution in [0.2, 0.25) is 0 Å². The van der Waals surface area contributed by atoms with Crippen molar-refractivity contribution in [1.29, 1.82) is 0 Å². The van der Waals surface area contributed by atoms with Crippen LogP contribution in [-0.4, -0.2) is 23.1 Å². The van der Waals surface area contributed by atoms with Gasteiger partial charge in [0.2, 0.25) is 0 Å². The standard InChI is InChI=1S/C20H21BrN2O2/c1-3-25-16-9-7-15(8-10-16)13-22(2)14-23-12-11-19(24)17-5-4-6-18(21)20(17)23/h4-12H,3,13-14H2,1-2H3. The lowest BCUT2D eigenvalue weighted by atomic mass is 10.2. The number of pyridine rings is 1. The van der Waals surface area contributed by atoms with Crippen molar-refractivity contribution in [1.82, 2.24) is 9.47 Å². The lowest BCUT2D eigenvalue weighted by molar-refractivity contribution is 0.264. The lowest BCUT2D eigenvalue weighted by Gasteiger charge is -2.21. The minimum absolute atomic E-state index is 0.0433. The van der Waals surface area contributed by atoms with E-state index in [1.54, 1.807) is 6.07 Å². The first kappa shape index (κ1) is 17.7. The molecular weight excluding hydrogens is 380 g/mol. The summed E-state index contributed by atoms with van der Waals surface area (Å²) < 4.78 is 8.50. The molecule has 3 rings (SSSR count). The molecule has 0 unspecified atom stereocenters. The third-order valence-corrected chi connectivity index (χ3v) is 4.67. The van der Waals surface area contributed by atoms with E-state index < -0.39 is 0 Å². The highest BCUT2D eigenvalue weighted by molar-refractivity contribution is 9.10. The Kier molecular flexibility index (Phi) is 5.56. The monoisotopic (exact) mass is 400 g/mol. The van der Waals surface area contributed by atoms with Gasteiger partial charge in [0, 0.05) is 28.7 Å². The summed E-state index contributed by atoms with van der Waals surface area (Å²) in [6, 6.07) is 15.5. The van der Waals surface area contributed by atoms with Gasteiger partial charge < -0.3 is 9.30 Å². The Morgan fingerprint density at radius 3 is 2.60 bits per heavy atom. The Balaban J connectivity index is 1.79. The van der Waals surface area contributed by atoms with E-state index in [0.717, 1.165) is 27.7 Å². The van der Waals surface area contributed by atoms with Gasteiger partial charge in [0.15, 0.2) is 5.43 Å². The molecule has 0 aliphatic heterocycles. The zero-order chi connectivity index (χ0) is 17.8. The molecule has 0 N–H and O–H groups in total. The Morgan fingerprint density at radius 2 is 1.88 bits per heavy atom. The number of halogens is 1. The number of benzene rings is 2. The molecule has 0 saturated heterocycles. The molecule has 0 aliphatic rings. The van der Waals surface area contributed by atoms with Crippen molar-refractivity contribution >= 4 is 26.8 Å². The highest BCUT2D eigenvalue weighted by Gasteiger charge is 2.08. The molecular formula is C20H21BrN2O2. The highest BCUT2D eigenvalue weighted by atomic mass is 79.9. The smallest absolute Gasteiger partial charge is 0.189 e. The van der Waals surface area contributed by atoms with Crippen molar-refractivity contribution < 1.29 is 4.74 Å². The first-order chi connectivity index (χ1) is 12.1. The third-order valence-electron chi connectivity index (χ3n) is 4.03. The van der Waals surface area contributed by atoms with Crippen LogP contribution in [0.25, 0.3) is 10.9 Å². The van der Waals surface area contributed by atoms with E-state index in [1.807, 2.05) is 43.5 Å². The van der Waals surface area contributed by atoms with Crippen molar-refractivity contribution in [2.75, 3.05) is 13.7 Å². The third kappa shape index (κ3) is 4.11. The molecule has 0 amide bonds. The molecule has 4 nitrogen and oxygen atoms in total. The van der Waals surface area contributed by atoms with Crippen LogP contribution in [-0.2, 0) is 13.2 Å². The van der Waals surface area contributed by atoms with Crippen LogP contribution in [0.4, 0.5) is 0 Å². The largest absolute Gasteiger partial charge is 0.494 e.